The zero-order valence-electron chi connectivity index (χ0n) is 12.4. The monoisotopic (exact) mass is 289 g/mol. The van der Waals surface area contributed by atoms with Crippen LogP contribution in [0.4, 0.5) is 5.69 Å². The normalized spacial score (nSPS) is 18.0. The lowest BCUT2D eigenvalue weighted by Gasteiger charge is -2.22. The van der Waals surface area contributed by atoms with Crippen molar-refractivity contribution in [2.24, 2.45) is 5.92 Å². The molecule has 1 saturated heterocycles. The van der Waals surface area contributed by atoms with Gasteiger partial charge in [0.15, 0.2) is 0 Å². The Morgan fingerprint density at radius 2 is 2.14 bits per heavy atom. The SMILES string of the molecule is CCCNC(=O)c1ccccc1NC(=O)[C@H]1CCCNC1. The van der Waals surface area contributed by atoms with E-state index in [-0.39, 0.29) is 17.7 Å². The smallest absolute Gasteiger partial charge is 0.253 e. The second-order valence-electron chi connectivity index (χ2n) is 5.33. The Balaban J connectivity index is 2.05. The number of hydrogen-bond acceptors (Lipinski definition) is 3. The zero-order valence-corrected chi connectivity index (χ0v) is 12.4. The van der Waals surface area contributed by atoms with Gasteiger partial charge in [0.05, 0.1) is 17.2 Å². The molecule has 5 heteroatoms. The zero-order chi connectivity index (χ0) is 15.1. The fourth-order valence-electron chi connectivity index (χ4n) is 2.43. The molecule has 3 N–H and O–H groups in total. The average molecular weight is 289 g/mol. The minimum absolute atomic E-state index is 0.0158. The van der Waals surface area contributed by atoms with E-state index in [1.165, 1.54) is 0 Å². The first-order chi connectivity index (χ1) is 10.2. The number of hydrogen-bond donors (Lipinski definition) is 3. The summed E-state index contributed by atoms with van der Waals surface area (Å²) in [5.74, 6) is -0.182. The van der Waals surface area contributed by atoms with Crippen LogP contribution in [-0.2, 0) is 4.79 Å². The summed E-state index contributed by atoms with van der Waals surface area (Å²) in [6.45, 7) is 4.31. The Hall–Kier alpha value is -1.88. The third-order valence-corrected chi connectivity index (χ3v) is 3.63. The fourth-order valence-corrected chi connectivity index (χ4v) is 2.43. The second-order valence-corrected chi connectivity index (χ2v) is 5.33. The van der Waals surface area contributed by atoms with Gasteiger partial charge >= 0.3 is 0 Å². The van der Waals surface area contributed by atoms with Gasteiger partial charge in [0.1, 0.15) is 0 Å². The number of para-hydroxylation sites is 1. The highest BCUT2D eigenvalue weighted by Gasteiger charge is 2.22. The summed E-state index contributed by atoms with van der Waals surface area (Å²) in [4.78, 5) is 24.4. The Morgan fingerprint density at radius 3 is 2.86 bits per heavy atom. The Kier molecular flexibility index (Phi) is 5.75. The molecule has 1 aliphatic rings. The summed E-state index contributed by atoms with van der Waals surface area (Å²) >= 11 is 0. The quantitative estimate of drug-likeness (QED) is 0.773. The molecule has 0 saturated carbocycles. The fraction of sp³-hybridized carbons (Fsp3) is 0.500. The van der Waals surface area contributed by atoms with Crippen LogP contribution in [0.2, 0.25) is 0 Å². The van der Waals surface area contributed by atoms with Crippen LogP contribution in [0.15, 0.2) is 24.3 Å². The van der Waals surface area contributed by atoms with Gasteiger partial charge < -0.3 is 16.0 Å². The van der Waals surface area contributed by atoms with Crippen LogP contribution < -0.4 is 16.0 Å². The number of amides is 2. The molecule has 2 amide bonds. The van der Waals surface area contributed by atoms with E-state index in [2.05, 4.69) is 16.0 Å². The first kappa shape index (κ1) is 15.5. The van der Waals surface area contributed by atoms with E-state index in [9.17, 15) is 9.59 Å². The van der Waals surface area contributed by atoms with Gasteiger partial charge in [0, 0.05) is 13.1 Å². The number of carbonyl (C=O) groups excluding carboxylic acids is 2. The molecule has 5 nitrogen and oxygen atoms in total. The highest BCUT2D eigenvalue weighted by Crippen LogP contribution is 2.18. The topological polar surface area (TPSA) is 70.2 Å². The van der Waals surface area contributed by atoms with Crippen molar-refractivity contribution in [2.75, 3.05) is 25.0 Å². The molecule has 0 spiro atoms. The van der Waals surface area contributed by atoms with Gasteiger partial charge in [-0.25, -0.2) is 0 Å². The molecule has 1 aromatic rings. The standard InChI is InChI=1S/C16H23N3O2/c1-2-9-18-16(21)13-7-3-4-8-14(13)19-15(20)12-6-5-10-17-11-12/h3-4,7-8,12,17H,2,5-6,9-11H2,1H3,(H,18,21)(H,19,20)/t12-/m0/s1. The second kappa shape index (κ2) is 7.78. The van der Waals surface area contributed by atoms with Gasteiger partial charge in [-0.1, -0.05) is 19.1 Å². The third kappa shape index (κ3) is 4.29. The Labute approximate surface area is 125 Å². The molecule has 1 fully saturated rings. The molecule has 1 atom stereocenters. The Morgan fingerprint density at radius 1 is 1.33 bits per heavy atom. The number of nitrogens with one attached hydrogen (secondary N) is 3. The van der Waals surface area contributed by atoms with Crippen molar-refractivity contribution in [2.45, 2.75) is 26.2 Å². The van der Waals surface area contributed by atoms with Gasteiger partial charge in [-0.3, -0.25) is 9.59 Å². The predicted octanol–water partition coefficient (Wildman–Crippen LogP) is 1.76. The van der Waals surface area contributed by atoms with E-state index in [1.807, 2.05) is 13.0 Å². The molecule has 0 aromatic heterocycles. The molecular weight excluding hydrogens is 266 g/mol. The molecule has 0 aliphatic carbocycles. The van der Waals surface area contributed by atoms with Crippen molar-refractivity contribution in [1.82, 2.24) is 10.6 Å². The molecule has 2 rings (SSSR count). The van der Waals surface area contributed by atoms with Crippen molar-refractivity contribution < 1.29 is 9.59 Å². The van der Waals surface area contributed by atoms with Crippen LogP contribution in [0.25, 0.3) is 0 Å². The third-order valence-electron chi connectivity index (χ3n) is 3.63. The van der Waals surface area contributed by atoms with E-state index < -0.39 is 0 Å². The maximum absolute atomic E-state index is 12.3. The summed E-state index contributed by atoms with van der Waals surface area (Å²) in [5, 5.41) is 8.96. The van der Waals surface area contributed by atoms with E-state index in [0.717, 1.165) is 25.8 Å². The van der Waals surface area contributed by atoms with Crippen molar-refractivity contribution >= 4 is 17.5 Å². The van der Waals surface area contributed by atoms with Crippen molar-refractivity contribution in [3.05, 3.63) is 29.8 Å². The number of piperidine rings is 1. The van der Waals surface area contributed by atoms with Crippen LogP contribution in [0.1, 0.15) is 36.5 Å². The lowest BCUT2D eigenvalue weighted by molar-refractivity contribution is -0.120. The molecule has 21 heavy (non-hydrogen) atoms. The highest BCUT2D eigenvalue weighted by atomic mass is 16.2. The van der Waals surface area contributed by atoms with Gasteiger partial charge in [0.25, 0.3) is 5.91 Å². The van der Waals surface area contributed by atoms with Crippen LogP contribution in [0.5, 0.6) is 0 Å². The summed E-state index contributed by atoms with van der Waals surface area (Å²) in [7, 11) is 0. The first-order valence-corrected chi connectivity index (χ1v) is 7.61. The van der Waals surface area contributed by atoms with Crippen LogP contribution in [-0.4, -0.2) is 31.4 Å². The van der Waals surface area contributed by atoms with Gasteiger partial charge in [-0.2, -0.15) is 0 Å². The molecule has 0 radical (unpaired) electrons. The highest BCUT2D eigenvalue weighted by molar-refractivity contribution is 6.04. The van der Waals surface area contributed by atoms with Crippen LogP contribution in [0, 0.1) is 5.92 Å². The van der Waals surface area contributed by atoms with E-state index in [1.54, 1.807) is 18.2 Å². The molecule has 1 heterocycles. The van der Waals surface area contributed by atoms with Crippen molar-refractivity contribution in [3.63, 3.8) is 0 Å². The number of benzene rings is 1. The predicted molar refractivity (Wildman–Crippen MR) is 83.3 cm³/mol. The van der Waals surface area contributed by atoms with Crippen LogP contribution >= 0.6 is 0 Å². The summed E-state index contributed by atoms with van der Waals surface area (Å²) in [6.07, 6.45) is 2.79. The largest absolute Gasteiger partial charge is 0.352 e. The lowest BCUT2D eigenvalue weighted by Crippen LogP contribution is -2.37. The minimum atomic E-state index is -0.144. The number of rotatable bonds is 5. The minimum Gasteiger partial charge on any atom is -0.352 e. The first-order valence-electron chi connectivity index (χ1n) is 7.61. The van der Waals surface area contributed by atoms with Crippen molar-refractivity contribution in [3.8, 4) is 0 Å². The van der Waals surface area contributed by atoms with E-state index in [0.29, 0.717) is 24.3 Å². The molecular formula is C16H23N3O2. The summed E-state index contributed by atoms with van der Waals surface area (Å²) in [6, 6.07) is 7.14. The van der Waals surface area contributed by atoms with Gasteiger partial charge in [0.2, 0.25) is 5.91 Å². The van der Waals surface area contributed by atoms with E-state index >= 15 is 0 Å². The molecule has 1 aliphatic heterocycles. The number of anilines is 1. The van der Waals surface area contributed by atoms with Crippen molar-refractivity contribution in [1.29, 1.82) is 0 Å². The van der Waals surface area contributed by atoms with Gasteiger partial charge in [-0.15, -0.1) is 0 Å². The molecule has 1 aromatic carbocycles. The maximum Gasteiger partial charge on any atom is 0.253 e. The summed E-state index contributed by atoms with van der Waals surface area (Å²) < 4.78 is 0. The molecule has 0 unspecified atom stereocenters. The number of carbonyl (C=O) groups is 2. The van der Waals surface area contributed by atoms with Gasteiger partial charge in [-0.05, 0) is 37.9 Å². The van der Waals surface area contributed by atoms with E-state index in [4.69, 9.17) is 0 Å². The molecule has 0 bridgehead atoms. The van der Waals surface area contributed by atoms with Crippen LogP contribution in [0.3, 0.4) is 0 Å². The maximum atomic E-state index is 12.3. The average Bonchev–Trinajstić information content (AvgIpc) is 2.54. The molecule has 114 valence electrons. The lowest BCUT2D eigenvalue weighted by atomic mass is 9.98. The Bertz CT molecular complexity index is 496. The summed E-state index contributed by atoms with van der Waals surface area (Å²) in [5.41, 5.74) is 1.10.